The lowest BCUT2D eigenvalue weighted by molar-refractivity contribution is 0.151. The minimum atomic E-state index is -2.61. The van der Waals surface area contributed by atoms with Crippen LogP contribution in [0.25, 0.3) is 0 Å². The molecule has 10 heteroatoms. The first-order chi connectivity index (χ1) is 15.3. The molecule has 0 bridgehead atoms. The summed E-state index contributed by atoms with van der Waals surface area (Å²) in [6.07, 6.45) is -0.462. The number of nitrogens with zero attached hydrogens (tertiary/aromatic N) is 3. The van der Waals surface area contributed by atoms with Crippen molar-refractivity contribution in [2.24, 2.45) is 0 Å². The smallest absolute Gasteiger partial charge is 0.263 e. The molecule has 32 heavy (non-hydrogen) atoms. The predicted octanol–water partition coefficient (Wildman–Crippen LogP) is 5.32. The molecule has 1 fully saturated rings. The van der Waals surface area contributed by atoms with Gasteiger partial charge in [0.1, 0.15) is 22.9 Å². The van der Waals surface area contributed by atoms with E-state index in [9.17, 15) is 13.2 Å². The van der Waals surface area contributed by atoms with Crippen LogP contribution in [0.15, 0.2) is 42.7 Å². The number of thiocarbonyl (C=S) groups is 1. The van der Waals surface area contributed by atoms with E-state index in [-0.39, 0.29) is 11.4 Å². The third kappa shape index (κ3) is 4.16. The number of aromatic nitrogens is 2. The monoisotopic (exact) mass is 478 g/mol. The molecule has 2 heterocycles. The molecular formula is C22H21F3N4OS2. The molecule has 3 aromatic rings. The molecule has 1 atom stereocenters. The highest BCUT2D eigenvalue weighted by Crippen LogP contribution is 2.42. The molecule has 0 unspecified atom stereocenters. The standard InChI is InChI=1S/C22H21F3N4OS2/c1-13-3-5-15(10-16(13)23)22(20-26-12-27-32-20)7-8-29(11-22)21(31)28-17-9-14(19(24)25)4-6-18(17)30-2/h3-6,9-10,12,19H,7-8,11H2,1-2H3,(H,28,31)/t22-/m1/s1. The molecule has 1 N–H and O–H groups in total. The second-order valence-electron chi connectivity index (χ2n) is 7.65. The largest absolute Gasteiger partial charge is 0.495 e. The Kier molecular flexibility index (Phi) is 6.34. The number of hydrogen-bond donors (Lipinski definition) is 1. The van der Waals surface area contributed by atoms with Crippen LogP contribution >= 0.6 is 23.8 Å². The molecule has 4 rings (SSSR count). The Hall–Kier alpha value is -2.72. The summed E-state index contributed by atoms with van der Waals surface area (Å²) in [5, 5.41) is 4.20. The maximum Gasteiger partial charge on any atom is 0.263 e. The zero-order chi connectivity index (χ0) is 22.9. The van der Waals surface area contributed by atoms with E-state index < -0.39 is 11.8 Å². The predicted molar refractivity (Wildman–Crippen MR) is 122 cm³/mol. The first-order valence-corrected chi connectivity index (χ1v) is 11.1. The van der Waals surface area contributed by atoms with Gasteiger partial charge < -0.3 is 15.0 Å². The normalized spacial score (nSPS) is 18.2. The van der Waals surface area contributed by atoms with Crippen molar-refractivity contribution in [3.8, 4) is 5.75 Å². The van der Waals surface area contributed by atoms with Gasteiger partial charge in [-0.05, 0) is 72.5 Å². The van der Waals surface area contributed by atoms with Gasteiger partial charge in [0, 0.05) is 18.7 Å². The second-order valence-corrected chi connectivity index (χ2v) is 8.82. The highest BCUT2D eigenvalue weighted by molar-refractivity contribution is 7.80. The van der Waals surface area contributed by atoms with Crippen molar-refractivity contribution >= 4 is 34.6 Å². The maximum atomic E-state index is 14.4. The van der Waals surface area contributed by atoms with E-state index >= 15 is 0 Å². The Morgan fingerprint density at radius 1 is 1.28 bits per heavy atom. The van der Waals surface area contributed by atoms with Crippen molar-refractivity contribution in [1.29, 1.82) is 0 Å². The summed E-state index contributed by atoms with van der Waals surface area (Å²) in [5.41, 5.74) is 1.04. The van der Waals surface area contributed by atoms with Gasteiger partial charge in [-0.1, -0.05) is 12.1 Å². The molecule has 0 amide bonds. The van der Waals surface area contributed by atoms with Gasteiger partial charge in [0.05, 0.1) is 18.2 Å². The van der Waals surface area contributed by atoms with Crippen LogP contribution in [0.2, 0.25) is 0 Å². The first-order valence-electron chi connectivity index (χ1n) is 9.90. The minimum Gasteiger partial charge on any atom is -0.495 e. The average Bonchev–Trinajstić information content (AvgIpc) is 3.46. The van der Waals surface area contributed by atoms with Crippen molar-refractivity contribution in [3.05, 3.63) is 70.2 Å². The van der Waals surface area contributed by atoms with E-state index in [1.807, 2.05) is 11.0 Å². The molecule has 0 radical (unpaired) electrons. The summed E-state index contributed by atoms with van der Waals surface area (Å²) in [6.45, 7) is 2.75. The van der Waals surface area contributed by atoms with Crippen molar-refractivity contribution in [2.75, 3.05) is 25.5 Å². The molecule has 0 spiro atoms. The fourth-order valence-electron chi connectivity index (χ4n) is 3.94. The van der Waals surface area contributed by atoms with E-state index in [1.54, 1.807) is 19.1 Å². The fourth-order valence-corrected chi connectivity index (χ4v) is 4.96. The van der Waals surface area contributed by atoms with Crippen molar-refractivity contribution in [1.82, 2.24) is 14.3 Å². The van der Waals surface area contributed by atoms with Crippen molar-refractivity contribution in [2.45, 2.75) is 25.2 Å². The highest BCUT2D eigenvalue weighted by Gasteiger charge is 2.44. The molecule has 0 aliphatic carbocycles. The van der Waals surface area contributed by atoms with Gasteiger partial charge in [0.15, 0.2) is 5.11 Å². The van der Waals surface area contributed by atoms with Crippen molar-refractivity contribution in [3.63, 3.8) is 0 Å². The number of ether oxygens (including phenoxy) is 1. The van der Waals surface area contributed by atoms with E-state index in [2.05, 4.69) is 14.7 Å². The summed E-state index contributed by atoms with van der Waals surface area (Å²) < 4.78 is 50.2. The van der Waals surface area contributed by atoms with Gasteiger partial charge in [-0.2, -0.15) is 4.37 Å². The van der Waals surface area contributed by atoms with Gasteiger partial charge in [0.2, 0.25) is 0 Å². The summed E-state index contributed by atoms with van der Waals surface area (Å²) in [6, 6.07) is 9.35. The minimum absolute atomic E-state index is 0.129. The van der Waals surface area contributed by atoms with E-state index in [4.69, 9.17) is 17.0 Å². The van der Waals surface area contributed by atoms with Crippen LogP contribution in [0, 0.1) is 12.7 Å². The number of alkyl halides is 2. The Bertz CT molecular complexity index is 1130. The third-order valence-electron chi connectivity index (χ3n) is 5.77. The second kappa shape index (κ2) is 9.03. The van der Waals surface area contributed by atoms with Gasteiger partial charge >= 0.3 is 0 Å². The number of benzene rings is 2. The molecule has 1 aromatic heterocycles. The zero-order valence-electron chi connectivity index (χ0n) is 17.4. The number of methoxy groups -OCH3 is 1. The molecule has 2 aromatic carbocycles. The molecule has 1 aliphatic rings. The Morgan fingerprint density at radius 2 is 2.09 bits per heavy atom. The lowest BCUT2D eigenvalue weighted by atomic mass is 9.80. The van der Waals surface area contributed by atoms with Crippen LogP contribution in [0.3, 0.4) is 0 Å². The van der Waals surface area contributed by atoms with E-state index in [0.29, 0.717) is 41.6 Å². The zero-order valence-corrected chi connectivity index (χ0v) is 19.1. The topological polar surface area (TPSA) is 50.3 Å². The lowest BCUT2D eigenvalue weighted by Gasteiger charge is -2.29. The van der Waals surface area contributed by atoms with Crippen LogP contribution in [-0.2, 0) is 5.41 Å². The lowest BCUT2D eigenvalue weighted by Crippen LogP contribution is -2.37. The molecule has 168 valence electrons. The number of rotatable bonds is 5. The fraction of sp³-hybridized carbons (Fsp3) is 0.318. The molecular weight excluding hydrogens is 457 g/mol. The van der Waals surface area contributed by atoms with Crippen LogP contribution < -0.4 is 10.1 Å². The van der Waals surface area contributed by atoms with Crippen LogP contribution in [-0.4, -0.2) is 39.6 Å². The Morgan fingerprint density at radius 3 is 2.75 bits per heavy atom. The third-order valence-corrected chi connectivity index (χ3v) is 7.00. The molecule has 1 aliphatic heterocycles. The van der Waals surface area contributed by atoms with Crippen LogP contribution in [0.4, 0.5) is 18.9 Å². The number of halogens is 3. The summed E-state index contributed by atoms with van der Waals surface area (Å²) in [4.78, 5) is 6.36. The summed E-state index contributed by atoms with van der Waals surface area (Å²) >= 11 is 6.88. The SMILES string of the molecule is COc1ccc(C(F)F)cc1NC(=S)N1CC[C@@](c2ccc(C)c(F)c2)(c2ncns2)C1. The van der Waals surface area contributed by atoms with Gasteiger partial charge in [-0.15, -0.1) is 0 Å². The Balaban J connectivity index is 1.62. The number of aryl methyl sites for hydroxylation is 1. The van der Waals surface area contributed by atoms with Gasteiger partial charge in [0.25, 0.3) is 6.43 Å². The first kappa shape index (κ1) is 22.5. The molecule has 5 nitrogen and oxygen atoms in total. The highest BCUT2D eigenvalue weighted by atomic mass is 32.1. The van der Waals surface area contributed by atoms with Gasteiger partial charge in [-0.3, -0.25) is 0 Å². The number of anilines is 1. The molecule has 1 saturated heterocycles. The summed E-state index contributed by atoms with van der Waals surface area (Å²) in [5.74, 6) is 0.131. The number of likely N-dealkylation sites (tertiary alicyclic amines) is 1. The summed E-state index contributed by atoms with van der Waals surface area (Å²) in [7, 11) is 1.47. The number of nitrogens with one attached hydrogen (secondary N) is 1. The van der Waals surface area contributed by atoms with Crippen LogP contribution in [0.1, 0.15) is 34.5 Å². The maximum absolute atomic E-state index is 14.4. The number of hydrogen-bond acceptors (Lipinski definition) is 5. The van der Waals surface area contributed by atoms with E-state index in [0.717, 1.165) is 10.6 Å². The van der Waals surface area contributed by atoms with Gasteiger partial charge in [-0.25, -0.2) is 18.2 Å². The average molecular weight is 479 g/mol. The quantitative estimate of drug-likeness (QED) is 0.501. The Labute approximate surface area is 193 Å². The molecule has 0 saturated carbocycles. The van der Waals surface area contributed by atoms with Crippen molar-refractivity contribution < 1.29 is 17.9 Å². The van der Waals surface area contributed by atoms with Crippen LogP contribution in [0.5, 0.6) is 5.75 Å². The van der Waals surface area contributed by atoms with E-state index in [1.165, 1.54) is 43.2 Å².